The standard InChI is InChI=1S/C14H21N3O/c1-4-6-17-7-5-16-14(17)9-13(15-3)12-8-11(2)18-10-12/h5,7-8,10,13,15H,4,6,9H2,1-3H3. The molecule has 1 N–H and O–H groups in total. The summed E-state index contributed by atoms with van der Waals surface area (Å²) in [6.07, 6.45) is 7.75. The number of rotatable bonds is 6. The lowest BCUT2D eigenvalue weighted by Gasteiger charge is -2.15. The Bertz CT molecular complexity index is 487. The van der Waals surface area contributed by atoms with Crippen LogP contribution in [0.4, 0.5) is 0 Å². The van der Waals surface area contributed by atoms with Crippen molar-refractivity contribution in [1.29, 1.82) is 0 Å². The molecule has 2 rings (SSSR count). The number of aryl methyl sites for hydroxylation is 2. The Morgan fingerprint density at radius 1 is 1.50 bits per heavy atom. The molecule has 0 aliphatic heterocycles. The Morgan fingerprint density at radius 2 is 2.33 bits per heavy atom. The molecule has 2 heterocycles. The molecule has 0 spiro atoms. The lowest BCUT2D eigenvalue weighted by atomic mass is 10.1. The molecule has 98 valence electrons. The van der Waals surface area contributed by atoms with E-state index in [1.165, 1.54) is 5.56 Å². The van der Waals surface area contributed by atoms with E-state index in [9.17, 15) is 0 Å². The molecular weight excluding hydrogens is 226 g/mol. The molecule has 0 aliphatic carbocycles. The van der Waals surface area contributed by atoms with Crippen LogP contribution in [0.2, 0.25) is 0 Å². The van der Waals surface area contributed by atoms with E-state index in [0.29, 0.717) is 0 Å². The number of nitrogens with one attached hydrogen (secondary N) is 1. The number of imidazole rings is 1. The average Bonchev–Trinajstić information content (AvgIpc) is 2.96. The zero-order chi connectivity index (χ0) is 13.0. The van der Waals surface area contributed by atoms with Gasteiger partial charge in [-0.2, -0.15) is 0 Å². The summed E-state index contributed by atoms with van der Waals surface area (Å²) < 4.78 is 7.60. The summed E-state index contributed by atoms with van der Waals surface area (Å²) in [5.74, 6) is 2.07. The van der Waals surface area contributed by atoms with Crippen LogP contribution in [0.1, 0.15) is 36.5 Å². The number of likely N-dealkylation sites (N-methyl/N-ethyl adjacent to an activating group) is 1. The van der Waals surface area contributed by atoms with Gasteiger partial charge in [0.05, 0.1) is 6.26 Å². The van der Waals surface area contributed by atoms with E-state index < -0.39 is 0 Å². The van der Waals surface area contributed by atoms with Crippen molar-refractivity contribution in [1.82, 2.24) is 14.9 Å². The van der Waals surface area contributed by atoms with Crippen LogP contribution < -0.4 is 5.32 Å². The van der Waals surface area contributed by atoms with E-state index in [-0.39, 0.29) is 6.04 Å². The largest absolute Gasteiger partial charge is 0.469 e. The second-order valence-corrected chi connectivity index (χ2v) is 4.57. The van der Waals surface area contributed by atoms with Crippen molar-refractivity contribution in [3.05, 3.63) is 41.9 Å². The molecule has 0 amide bonds. The van der Waals surface area contributed by atoms with Gasteiger partial charge in [0.15, 0.2) is 0 Å². The molecule has 0 aromatic carbocycles. The summed E-state index contributed by atoms with van der Waals surface area (Å²) in [5, 5.41) is 3.33. The van der Waals surface area contributed by atoms with Crippen LogP contribution in [-0.2, 0) is 13.0 Å². The van der Waals surface area contributed by atoms with Gasteiger partial charge >= 0.3 is 0 Å². The minimum absolute atomic E-state index is 0.250. The molecule has 18 heavy (non-hydrogen) atoms. The van der Waals surface area contributed by atoms with Gasteiger partial charge in [-0.05, 0) is 26.5 Å². The average molecular weight is 247 g/mol. The van der Waals surface area contributed by atoms with Crippen LogP contribution in [-0.4, -0.2) is 16.6 Å². The molecule has 0 bridgehead atoms. The van der Waals surface area contributed by atoms with Gasteiger partial charge in [0.1, 0.15) is 11.6 Å². The second kappa shape index (κ2) is 5.87. The first-order valence-corrected chi connectivity index (χ1v) is 6.47. The van der Waals surface area contributed by atoms with E-state index >= 15 is 0 Å². The quantitative estimate of drug-likeness (QED) is 0.853. The normalized spacial score (nSPS) is 12.8. The molecule has 4 heteroatoms. The molecular formula is C14H21N3O. The maximum absolute atomic E-state index is 5.38. The first kappa shape index (κ1) is 12.9. The van der Waals surface area contributed by atoms with Crippen LogP contribution >= 0.6 is 0 Å². The molecule has 4 nitrogen and oxygen atoms in total. The molecule has 2 aromatic heterocycles. The Labute approximate surface area is 108 Å². The lowest BCUT2D eigenvalue weighted by molar-refractivity contribution is 0.511. The summed E-state index contributed by atoms with van der Waals surface area (Å²) in [6.45, 7) is 5.17. The lowest BCUT2D eigenvalue weighted by Crippen LogP contribution is -2.20. The third kappa shape index (κ3) is 2.82. The SMILES string of the molecule is CCCn1ccnc1CC(NC)c1coc(C)c1. The van der Waals surface area contributed by atoms with E-state index in [1.807, 2.05) is 32.6 Å². The van der Waals surface area contributed by atoms with E-state index in [4.69, 9.17) is 4.42 Å². The zero-order valence-corrected chi connectivity index (χ0v) is 11.3. The van der Waals surface area contributed by atoms with Crippen LogP contribution in [0.15, 0.2) is 29.1 Å². The molecule has 0 saturated heterocycles. The highest BCUT2D eigenvalue weighted by molar-refractivity contribution is 5.18. The Balaban J connectivity index is 2.12. The third-order valence-corrected chi connectivity index (χ3v) is 3.15. The van der Waals surface area contributed by atoms with Gasteiger partial charge in [-0.1, -0.05) is 6.92 Å². The first-order chi connectivity index (χ1) is 8.74. The fraction of sp³-hybridized carbons (Fsp3) is 0.500. The van der Waals surface area contributed by atoms with Crippen LogP contribution in [0.3, 0.4) is 0 Å². The van der Waals surface area contributed by atoms with Gasteiger partial charge in [-0.25, -0.2) is 4.98 Å². The predicted octanol–water partition coefficient (Wildman–Crippen LogP) is 2.70. The van der Waals surface area contributed by atoms with Crippen LogP contribution in [0.25, 0.3) is 0 Å². The summed E-state index contributed by atoms with van der Waals surface area (Å²) in [6, 6.07) is 2.33. The molecule has 1 unspecified atom stereocenters. The van der Waals surface area contributed by atoms with Crippen molar-refractivity contribution in [2.45, 2.75) is 39.3 Å². The monoisotopic (exact) mass is 247 g/mol. The van der Waals surface area contributed by atoms with Crippen molar-refractivity contribution >= 4 is 0 Å². The molecule has 0 radical (unpaired) electrons. The molecule has 0 saturated carbocycles. The zero-order valence-electron chi connectivity index (χ0n) is 11.3. The number of nitrogens with zero attached hydrogens (tertiary/aromatic N) is 2. The summed E-state index contributed by atoms with van der Waals surface area (Å²) in [4.78, 5) is 4.45. The maximum Gasteiger partial charge on any atom is 0.110 e. The maximum atomic E-state index is 5.38. The molecule has 0 fully saturated rings. The number of aromatic nitrogens is 2. The van der Waals surface area contributed by atoms with Gasteiger partial charge in [-0.3, -0.25) is 0 Å². The van der Waals surface area contributed by atoms with Gasteiger partial charge < -0.3 is 14.3 Å². The summed E-state index contributed by atoms with van der Waals surface area (Å²) >= 11 is 0. The van der Waals surface area contributed by atoms with Gasteiger partial charge in [0.25, 0.3) is 0 Å². The highest BCUT2D eigenvalue weighted by Crippen LogP contribution is 2.19. The van der Waals surface area contributed by atoms with Crippen molar-refractivity contribution < 1.29 is 4.42 Å². The molecule has 2 aromatic rings. The van der Waals surface area contributed by atoms with E-state index in [2.05, 4.69) is 27.9 Å². The number of hydrogen-bond donors (Lipinski definition) is 1. The highest BCUT2D eigenvalue weighted by Gasteiger charge is 2.15. The fourth-order valence-electron chi connectivity index (χ4n) is 2.19. The van der Waals surface area contributed by atoms with Crippen molar-refractivity contribution in [3.63, 3.8) is 0 Å². The molecule has 1 atom stereocenters. The van der Waals surface area contributed by atoms with Crippen molar-refractivity contribution in [2.24, 2.45) is 0 Å². The minimum atomic E-state index is 0.250. The second-order valence-electron chi connectivity index (χ2n) is 4.57. The van der Waals surface area contributed by atoms with Gasteiger partial charge in [-0.15, -0.1) is 0 Å². The summed E-state index contributed by atoms with van der Waals surface area (Å²) in [7, 11) is 1.97. The third-order valence-electron chi connectivity index (χ3n) is 3.15. The highest BCUT2D eigenvalue weighted by atomic mass is 16.3. The van der Waals surface area contributed by atoms with E-state index in [0.717, 1.165) is 31.0 Å². The van der Waals surface area contributed by atoms with Crippen molar-refractivity contribution in [2.75, 3.05) is 7.05 Å². The van der Waals surface area contributed by atoms with Crippen molar-refractivity contribution in [3.8, 4) is 0 Å². The van der Waals surface area contributed by atoms with Gasteiger partial charge in [0.2, 0.25) is 0 Å². The van der Waals surface area contributed by atoms with Crippen LogP contribution in [0.5, 0.6) is 0 Å². The van der Waals surface area contributed by atoms with Gasteiger partial charge in [0, 0.05) is 37.0 Å². The number of furan rings is 1. The first-order valence-electron chi connectivity index (χ1n) is 6.47. The number of hydrogen-bond acceptors (Lipinski definition) is 3. The predicted molar refractivity (Wildman–Crippen MR) is 71.5 cm³/mol. The Kier molecular flexibility index (Phi) is 4.20. The minimum Gasteiger partial charge on any atom is -0.469 e. The fourth-order valence-corrected chi connectivity index (χ4v) is 2.19. The molecule has 0 aliphatic rings. The smallest absolute Gasteiger partial charge is 0.110 e. The Hall–Kier alpha value is -1.55. The summed E-state index contributed by atoms with van der Waals surface area (Å²) in [5.41, 5.74) is 1.18. The van der Waals surface area contributed by atoms with E-state index in [1.54, 1.807) is 0 Å². The Morgan fingerprint density at radius 3 is 2.94 bits per heavy atom. The van der Waals surface area contributed by atoms with Crippen LogP contribution in [0, 0.1) is 6.92 Å². The topological polar surface area (TPSA) is 43.0 Å².